The summed E-state index contributed by atoms with van der Waals surface area (Å²) < 4.78 is 5.05. The smallest absolute Gasteiger partial charge is 0.408 e. The Bertz CT molecular complexity index is 332. The van der Waals surface area contributed by atoms with Crippen molar-refractivity contribution in [3.8, 4) is 6.07 Å². The monoisotopic (exact) mass is 224 g/mol. The summed E-state index contributed by atoms with van der Waals surface area (Å²) in [6.07, 6.45) is 0.934. The van der Waals surface area contributed by atoms with Crippen LogP contribution in [0.5, 0.6) is 0 Å². The predicted molar refractivity (Wildman–Crippen MR) is 56.5 cm³/mol. The second-order valence-electron chi connectivity index (χ2n) is 5.13. The second-order valence-corrected chi connectivity index (χ2v) is 5.13. The minimum absolute atomic E-state index is 0.130. The van der Waals surface area contributed by atoms with Gasteiger partial charge < -0.3 is 14.8 Å². The molecule has 0 aliphatic heterocycles. The van der Waals surface area contributed by atoms with Gasteiger partial charge in [0.05, 0.1) is 6.07 Å². The average Bonchev–Trinajstić information content (AvgIpc) is 2.07. The zero-order chi connectivity index (χ0) is 12.4. The van der Waals surface area contributed by atoms with Crippen molar-refractivity contribution in [2.75, 3.05) is 0 Å². The highest BCUT2D eigenvalue weighted by atomic mass is 16.6. The summed E-state index contributed by atoms with van der Waals surface area (Å²) >= 11 is 0. The van der Waals surface area contributed by atoms with Gasteiger partial charge in [0, 0.05) is 5.92 Å². The molecule has 5 nitrogen and oxygen atoms in total. The van der Waals surface area contributed by atoms with Crippen LogP contribution < -0.4 is 5.32 Å². The van der Waals surface area contributed by atoms with Crippen molar-refractivity contribution in [1.29, 1.82) is 5.26 Å². The zero-order valence-corrected chi connectivity index (χ0v) is 9.74. The van der Waals surface area contributed by atoms with Crippen molar-refractivity contribution in [2.24, 2.45) is 5.92 Å². The molecule has 0 heterocycles. The number of ether oxygens (including phenoxy) is 1. The van der Waals surface area contributed by atoms with Gasteiger partial charge in [-0.2, -0.15) is 5.26 Å². The van der Waals surface area contributed by atoms with Gasteiger partial charge in [0.25, 0.3) is 0 Å². The Labute approximate surface area is 94.8 Å². The molecule has 1 fully saturated rings. The van der Waals surface area contributed by atoms with Gasteiger partial charge in [-0.05, 0) is 33.6 Å². The van der Waals surface area contributed by atoms with Crippen LogP contribution in [0, 0.1) is 17.2 Å². The minimum atomic E-state index is -0.923. The number of carbonyl (C=O) groups excluding carboxylic acids is 2. The van der Waals surface area contributed by atoms with Gasteiger partial charge in [-0.3, -0.25) is 0 Å². The maximum Gasteiger partial charge on any atom is 0.408 e. The first kappa shape index (κ1) is 12.5. The van der Waals surface area contributed by atoms with Crippen LogP contribution in [0.15, 0.2) is 0 Å². The number of amides is 1. The van der Waals surface area contributed by atoms with E-state index in [1.807, 2.05) is 6.07 Å². The van der Waals surface area contributed by atoms with E-state index in [4.69, 9.17) is 10.00 Å². The van der Waals surface area contributed by atoms with Crippen molar-refractivity contribution < 1.29 is 14.3 Å². The van der Waals surface area contributed by atoms with Gasteiger partial charge in [0.2, 0.25) is 0 Å². The number of alkyl carbamates (subject to hydrolysis) is 1. The predicted octanol–water partition coefficient (Wildman–Crippen LogP) is 1.38. The lowest BCUT2D eigenvalue weighted by Crippen LogP contribution is -2.57. The highest BCUT2D eigenvalue weighted by Crippen LogP contribution is 2.36. The fourth-order valence-corrected chi connectivity index (χ4v) is 1.65. The Morgan fingerprint density at radius 1 is 1.56 bits per heavy atom. The molecule has 0 saturated heterocycles. The van der Waals surface area contributed by atoms with Gasteiger partial charge in [-0.25, -0.2) is 4.79 Å². The van der Waals surface area contributed by atoms with E-state index in [9.17, 15) is 9.59 Å². The third-order valence-electron chi connectivity index (χ3n) is 2.37. The van der Waals surface area contributed by atoms with E-state index in [0.29, 0.717) is 12.8 Å². The number of hydrogen-bond acceptors (Lipinski definition) is 4. The molecule has 1 aliphatic carbocycles. The molecule has 0 radical (unpaired) electrons. The third kappa shape index (κ3) is 2.96. The Balaban J connectivity index is 2.51. The molecule has 0 unspecified atom stereocenters. The summed E-state index contributed by atoms with van der Waals surface area (Å²) in [6, 6.07) is 2.03. The number of nitrogens with zero attached hydrogens (tertiary/aromatic N) is 1. The molecule has 1 rings (SSSR count). The number of nitrogens with one attached hydrogen (secondary N) is 1. The van der Waals surface area contributed by atoms with E-state index in [1.54, 1.807) is 20.8 Å². The number of nitriles is 1. The SMILES string of the molecule is CC(C)(C)OC(=O)NC1(C#N)CC(C=O)C1. The van der Waals surface area contributed by atoms with E-state index in [1.165, 1.54) is 0 Å². The van der Waals surface area contributed by atoms with Crippen molar-refractivity contribution in [3.05, 3.63) is 0 Å². The van der Waals surface area contributed by atoms with Crippen LogP contribution >= 0.6 is 0 Å². The Hall–Kier alpha value is -1.57. The molecule has 0 atom stereocenters. The first-order chi connectivity index (χ1) is 7.30. The molecule has 88 valence electrons. The van der Waals surface area contributed by atoms with Gasteiger partial charge in [0.15, 0.2) is 0 Å². The topological polar surface area (TPSA) is 79.2 Å². The van der Waals surface area contributed by atoms with Crippen molar-refractivity contribution in [3.63, 3.8) is 0 Å². The summed E-state index contributed by atoms with van der Waals surface area (Å²) in [5.74, 6) is -0.130. The molecule has 1 aliphatic rings. The van der Waals surface area contributed by atoms with Crippen LogP contribution in [-0.2, 0) is 9.53 Å². The third-order valence-corrected chi connectivity index (χ3v) is 2.37. The van der Waals surface area contributed by atoms with Crippen molar-refractivity contribution in [1.82, 2.24) is 5.32 Å². The fraction of sp³-hybridized carbons (Fsp3) is 0.727. The van der Waals surface area contributed by atoms with Gasteiger partial charge in [0.1, 0.15) is 17.4 Å². The molecule has 0 aromatic carbocycles. The standard InChI is InChI=1S/C11H16N2O3/c1-10(2,3)16-9(15)13-11(7-12)4-8(5-11)6-14/h6,8H,4-5H2,1-3H3,(H,13,15). The zero-order valence-electron chi connectivity index (χ0n) is 9.74. The quantitative estimate of drug-likeness (QED) is 0.719. The summed E-state index contributed by atoms with van der Waals surface area (Å²) in [5.41, 5.74) is -1.51. The largest absolute Gasteiger partial charge is 0.444 e. The van der Waals surface area contributed by atoms with Crippen LogP contribution in [0.2, 0.25) is 0 Å². The van der Waals surface area contributed by atoms with E-state index < -0.39 is 17.2 Å². The highest BCUT2D eigenvalue weighted by Gasteiger charge is 2.46. The van der Waals surface area contributed by atoms with Crippen LogP contribution in [0.3, 0.4) is 0 Å². The van der Waals surface area contributed by atoms with Crippen molar-refractivity contribution >= 4 is 12.4 Å². The number of aldehydes is 1. The lowest BCUT2D eigenvalue weighted by atomic mass is 9.70. The van der Waals surface area contributed by atoms with Crippen molar-refractivity contribution in [2.45, 2.75) is 44.8 Å². The van der Waals surface area contributed by atoms with Gasteiger partial charge in [-0.15, -0.1) is 0 Å². The van der Waals surface area contributed by atoms with Crippen LogP contribution in [0.4, 0.5) is 4.79 Å². The van der Waals surface area contributed by atoms with Gasteiger partial charge >= 0.3 is 6.09 Å². The second kappa shape index (κ2) is 4.12. The van der Waals surface area contributed by atoms with E-state index in [0.717, 1.165) is 6.29 Å². The highest BCUT2D eigenvalue weighted by molar-refractivity contribution is 5.71. The normalized spacial score (nSPS) is 28.5. The van der Waals surface area contributed by atoms with Crippen LogP contribution in [0.25, 0.3) is 0 Å². The van der Waals surface area contributed by atoms with E-state index >= 15 is 0 Å². The van der Waals surface area contributed by atoms with Crippen LogP contribution in [0.1, 0.15) is 33.6 Å². The maximum atomic E-state index is 11.4. The average molecular weight is 224 g/mol. The van der Waals surface area contributed by atoms with E-state index in [-0.39, 0.29) is 5.92 Å². The molecule has 1 N–H and O–H groups in total. The van der Waals surface area contributed by atoms with Crippen LogP contribution in [-0.4, -0.2) is 23.5 Å². The Kier molecular flexibility index (Phi) is 3.22. The summed E-state index contributed by atoms with van der Waals surface area (Å²) in [5, 5.41) is 11.5. The molecular formula is C11H16N2O3. The van der Waals surface area contributed by atoms with E-state index in [2.05, 4.69) is 5.32 Å². The minimum Gasteiger partial charge on any atom is -0.444 e. The number of rotatable bonds is 2. The lowest BCUT2D eigenvalue weighted by Gasteiger charge is -2.40. The number of hydrogen-bond donors (Lipinski definition) is 1. The molecule has 0 aromatic rings. The first-order valence-corrected chi connectivity index (χ1v) is 5.18. The summed E-state index contributed by atoms with van der Waals surface area (Å²) in [6.45, 7) is 5.25. The molecule has 16 heavy (non-hydrogen) atoms. The molecule has 0 aromatic heterocycles. The lowest BCUT2D eigenvalue weighted by molar-refractivity contribution is -0.114. The number of carbonyl (C=O) groups is 2. The van der Waals surface area contributed by atoms with Gasteiger partial charge in [-0.1, -0.05) is 0 Å². The summed E-state index contributed by atoms with van der Waals surface area (Å²) in [7, 11) is 0. The molecule has 0 spiro atoms. The fourth-order valence-electron chi connectivity index (χ4n) is 1.65. The summed E-state index contributed by atoms with van der Waals surface area (Å²) in [4.78, 5) is 21.9. The first-order valence-electron chi connectivity index (χ1n) is 5.18. The molecule has 0 bridgehead atoms. The molecule has 5 heteroatoms. The maximum absolute atomic E-state index is 11.4. The molecule has 1 saturated carbocycles. The Morgan fingerprint density at radius 2 is 2.12 bits per heavy atom. The molecular weight excluding hydrogens is 208 g/mol. The Morgan fingerprint density at radius 3 is 2.50 bits per heavy atom. The molecule has 1 amide bonds.